The van der Waals surface area contributed by atoms with Crippen molar-refractivity contribution in [2.45, 2.75) is 19.9 Å². The van der Waals surface area contributed by atoms with Crippen molar-refractivity contribution in [2.75, 3.05) is 26.2 Å². The number of rotatable bonds is 4. The van der Waals surface area contributed by atoms with Gasteiger partial charge < -0.3 is 21.3 Å². The third-order valence-electron chi connectivity index (χ3n) is 2.83. The largest absolute Gasteiger partial charge is 0.353 e. The maximum atomic E-state index is 12.0. The van der Waals surface area contributed by atoms with E-state index in [0.717, 1.165) is 0 Å². The minimum absolute atomic E-state index is 0.0273. The minimum atomic E-state index is -0.471. The first-order chi connectivity index (χ1) is 8.47. The van der Waals surface area contributed by atoms with Crippen molar-refractivity contribution in [2.24, 2.45) is 11.7 Å². The summed E-state index contributed by atoms with van der Waals surface area (Å²) in [5.41, 5.74) is 5.13. The molecule has 1 heterocycles. The van der Waals surface area contributed by atoms with Crippen molar-refractivity contribution < 1.29 is 14.4 Å². The van der Waals surface area contributed by atoms with E-state index in [1.807, 2.05) is 13.8 Å². The molecule has 0 radical (unpaired) electrons. The molecule has 0 bridgehead atoms. The highest BCUT2D eigenvalue weighted by Gasteiger charge is 2.34. The van der Waals surface area contributed by atoms with Gasteiger partial charge in [0.1, 0.15) is 6.04 Å². The molecule has 102 valence electrons. The smallest absolute Gasteiger partial charge is 0.243 e. The van der Waals surface area contributed by atoms with Crippen LogP contribution in [0.2, 0.25) is 0 Å². The zero-order valence-corrected chi connectivity index (χ0v) is 10.7. The fourth-order valence-corrected chi connectivity index (χ4v) is 1.98. The van der Waals surface area contributed by atoms with Crippen LogP contribution in [0.15, 0.2) is 0 Å². The summed E-state index contributed by atoms with van der Waals surface area (Å²) < 4.78 is 0. The Morgan fingerprint density at radius 1 is 1.56 bits per heavy atom. The van der Waals surface area contributed by atoms with E-state index in [1.54, 1.807) is 0 Å². The summed E-state index contributed by atoms with van der Waals surface area (Å²) in [5.74, 6) is -0.759. The lowest BCUT2D eigenvalue weighted by molar-refractivity contribution is -0.144. The highest BCUT2D eigenvalue weighted by Crippen LogP contribution is 2.13. The van der Waals surface area contributed by atoms with Gasteiger partial charge in [-0.15, -0.1) is 0 Å². The number of amides is 3. The standard InChI is InChI=1S/C11H20N4O3/c1-7(2)10-11(18)13-3-4-15(10)9(17)6-14-8(16)5-12/h7,10H,3-6,12H2,1-2H3,(H,13,18)(H,14,16). The fourth-order valence-electron chi connectivity index (χ4n) is 1.98. The maximum absolute atomic E-state index is 12.0. The average Bonchev–Trinajstić information content (AvgIpc) is 2.34. The minimum Gasteiger partial charge on any atom is -0.353 e. The molecule has 1 atom stereocenters. The van der Waals surface area contributed by atoms with E-state index >= 15 is 0 Å². The summed E-state index contributed by atoms with van der Waals surface area (Å²) in [6.07, 6.45) is 0. The van der Waals surface area contributed by atoms with Gasteiger partial charge in [-0.3, -0.25) is 14.4 Å². The van der Waals surface area contributed by atoms with Crippen molar-refractivity contribution >= 4 is 17.7 Å². The normalized spacial score (nSPS) is 19.7. The molecule has 0 spiro atoms. The van der Waals surface area contributed by atoms with Crippen molar-refractivity contribution in [3.63, 3.8) is 0 Å². The molecule has 0 aromatic rings. The van der Waals surface area contributed by atoms with Gasteiger partial charge in [-0.1, -0.05) is 13.8 Å². The number of hydrogen-bond acceptors (Lipinski definition) is 4. The van der Waals surface area contributed by atoms with Gasteiger partial charge in [-0.2, -0.15) is 0 Å². The zero-order chi connectivity index (χ0) is 13.7. The van der Waals surface area contributed by atoms with Crippen LogP contribution in [0.1, 0.15) is 13.8 Å². The molecule has 1 unspecified atom stereocenters. The number of hydrogen-bond donors (Lipinski definition) is 3. The van der Waals surface area contributed by atoms with Gasteiger partial charge in [0.05, 0.1) is 13.1 Å². The van der Waals surface area contributed by atoms with Crippen LogP contribution >= 0.6 is 0 Å². The Morgan fingerprint density at radius 2 is 2.22 bits per heavy atom. The Kier molecular flexibility index (Phi) is 5.08. The first kappa shape index (κ1) is 14.4. The Labute approximate surface area is 106 Å². The third-order valence-corrected chi connectivity index (χ3v) is 2.83. The van der Waals surface area contributed by atoms with Crippen LogP contribution in [0.3, 0.4) is 0 Å². The molecule has 1 aliphatic rings. The lowest BCUT2D eigenvalue weighted by Gasteiger charge is -2.37. The number of nitrogens with two attached hydrogens (primary N) is 1. The summed E-state index contributed by atoms with van der Waals surface area (Å²) >= 11 is 0. The van der Waals surface area contributed by atoms with Crippen molar-refractivity contribution in [1.29, 1.82) is 0 Å². The monoisotopic (exact) mass is 256 g/mol. The average molecular weight is 256 g/mol. The van der Waals surface area contributed by atoms with Crippen molar-refractivity contribution in [1.82, 2.24) is 15.5 Å². The molecule has 0 aromatic carbocycles. The molecular weight excluding hydrogens is 236 g/mol. The number of carbonyl (C=O) groups is 3. The third kappa shape index (κ3) is 3.43. The Morgan fingerprint density at radius 3 is 2.78 bits per heavy atom. The molecule has 0 aromatic heterocycles. The van der Waals surface area contributed by atoms with E-state index in [1.165, 1.54) is 4.90 Å². The van der Waals surface area contributed by atoms with E-state index in [4.69, 9.17) is 5.73 Å². The summed E-state index contributed by atoms with van der Waals surface area (Å²) in [7, 11) is 0. The van der Waals surface area contributed by atoms with Gasteiger partial charge in [0, 0.05) is 13.1 Å². The first-order valence-electron chi connectivity index (χ1n) is 6.01. The van der Waals surface area contributed by atoms with Crippen LogP contribution in [-0.4, -0.2) is 54.8 Å². The maximum Gasteiger partial charge on any atom is 0.243 e. The predicted molar refractivity (Wildman–Crippen MR) is 65.4 cm³/mol. The molecule has 7 nitrogen and oxygen atoms in total. The molecule has 7 heteroatoms. The number of carbonyl (C=O) groups excluding carboxylic acids is 3. The van der Waals surface area contributed by atoms with Gasteiger partial charge in [-0.25, -0.2) is 0 Å². The SMILES string of the molecule is CC(C)C1C(=O)NCCN1C(=O)CNC(=O)CN. The number of nitrogens with one attached hydrogen (secondary N) is 2. The Bertz CT molecular complexity index is 343. The van der Waals surface area contributed by atoms with Gasteiger partial charge in [-0.05, 0) is 5.92 Å². The van der Waals surface area contributed by atoms with Crippen molar-refractivity contribution in [3.8, 4) is 0 Å². The Balaban J connectivity index is 2.64. The van der Waals surface area contributed by atoms with Gasteiger partial charge in [0.25, 0.3) is 0 Å². The van der Waals surface area contributed by atoms with Gasteiger partial charge in [0.15, 0.2) is 0 Å². The topological polar surface area (TPSA) is 105 Å². The van der Waals surface area contributed by atoms with Gasteiger partial charge >= 0.3 is 0 Å². The lowest BCUT2D eigenvalue weighted by Crippen LogP contribution is -2.60. The molecule has 1 aliphatic heterocycles. The van der Waals surface area contributed by atoms with Gasteiger partial charge in [0.2, 0.25) is 17.7 Å². The van der Waals surface area contributed by atoms with E-state index in [2.05, 4.69) is 10.6 Å². The van der Waals surface area contributed by atoms with Crippen LogP contribution < -0.4 is 16.4 Å². The van der Waals surface area contributed by atoms with E-state index in [-0.39, 0.29) is 36.7 Å². The van der Waals surface area contributed by atoms with Crippen LogP contribution in [0, 0.1) is 5.92 Å². The molecule has 18 heavy (non-hydrogen) atoms. The summed E-state index contributed by atoms with van der Waals surface area (Å²) in [5, 5.41) is 5.15. The predicted octanol–water partition coefficient (Wildman–Crippen LogP) is -1.96. The van der Waals surface area contributed by atoms with Crippen LogP contribution in [-0.2, 0) is 14.4 Å². The molecule has 1 saturated heterocycles. The molecule has 1 fully saturated rings. The number of nitrogens with zero attached hydrogens (tertiary/aromatic N) is 1. The molecule has 0 saturated carbocycles. The van der Waals surface area contributed by atoms with E-state index in [9.17, 15) is 14.4 Å². The lowest BCUT2D eigenvalue weighted by atomic mass is 9.99. The quantitative estimate of drug-likeness (QED) is 0.543. The second-order valence-corrected chi connectivity index (χ2v) is 4.55. The van der Waals surface area contributed by atoms with Crippen LogP contribution in [0.4, 0.5) is 0 Å². The molecule has 0 aliphatic carbocycles. The van der Waals surface area contributed by atoms with E-state index in [0.29, 0.717) is 13.1 Å². The van der Waals surface area contributed by atoms with Crippen molar-refractivity contribution in [3.05, 3.63) is 0 Å². The molecule has 1 rings (SSSR count). The van der Waals surface area contributed by atoms with Crippen LogP contribution in [0.25, 0.3) is 0 Å². The first-order valence-corrected chi connectivity index (χ1v) is 6.01. The Hall–Kier alpha value is -1.63. The molecule has 4 N–H and O–H groups in total. The molecule has 3 amide bonds. The summed E-state index contributed by atoms with van der Waals surface area (Å²) in [4.78, 5) is 36.2. The second-order valence-electron chi connectivity index (χ2n) is 4.55. The highest BCUT2D eigenvalue weighted by atomic mass is 16.2. The zero-order valence-electron chi connectivity index (χ0n) is 10.7. The highest BCUT2D eigenvalue weighted by molar-refractivity contribution is 5.91. The molecular formula is C11H20N4O3. The van der Waals surface area contributed by atoms with E-state index < -0.39 is 6.04 Å². The fraction of sp³-hybridized carbons (Fsp3) is 0.727. The van der Waals surface area contributed by atoms with Crippen LogP contribution in [0.5, 0.6) is 0 Å². The summed E-state index contributed by atoms with van der Waals surface area (Å²) in [6, 6.07) is -0.471. The number of piperazine rings is 1. The summed E-state index contributed by atoms with van der Waals surface area (Å²) in [6.45, 7) is 4.40. The second kappa shape index (κ2) is 6.34.